The van der Waals surface area contributed by atoms with E-state index in [4.69, 9.17) is 10.8 Å². The molecule has 2 rings (SSSR count). The highest BCUT2D eigenvalue weighted by atomic mass is 32.1. The lowest BCUT2D eigenvalue weighted by molar-refractivity contribution is 0.277. The van der Waals surface area contributed by atoms with Crippen LogP contribution < -0.4 is 5.73 Å². The molecule has 1 unspecified atom stereocenters. The molecule has 100 valence electrons. The molecule has 0 radical (unpaired) electrons. The van der Waals surface area contributed by atoms with Crippen LogP contribution in [0.4, 0.5) is 0 Å². The van der Waals surface area contributed by atoms with E-state index in [9.17, 15) is 0 Å². The number of hydrogen-bond donors (Lipinski definition) is 2. The number of allylic oxidation sites excluding steroid dienone is 1. The maximum absolute atomic E-state index is 8.89. The van der Waals surface area contributed by atoms with Gasteiger partial charge in [0.15, 0.2) is 0 Å². The van der Waals surface area contributed by atoms with E-state index in [-0.39, 0.29) is 12.6 Å². The Labute approximate surface area is 114 Å². The van der Waals surface area contributed by atoms with Crippen molar-refractivity contribution in [1.82, 2.24) is 0 Å². The summed E-state index contributed by atoms with van der Waals surface area (Å²) >= 11 is 1.70. The van der Waals surface area contributed by atoms with Gasteiger partial charge < -0.3 is 10.8 Å². The Kier molecular flexibility index (Phi) is 5.42. The van der Waals surface area contributed by atoms with Gasteiger partial charge >= 0.3 is 0 Å². The summed E-state index contributed by atoms with van der Waals surface area (Å²) in [6.45, 7) is 0.159. The Balaban J connectivity index is 1.91. The van der Waals surface area contributed by atoms with Crippen LogP contribution in [0.5, 0.6) is 0 Å². The number of thiophene rings is 1. The van der Waals surface area contributed by atoms with Gasteiger partial charge in [-0.05, 0) is 42.2 Å². The summed E-state index contributed by atoms with van der Waals surface area (Å²) in [6.07, 6.45) is 12.1. The van der Waals surface area contributed by atoms with Crippen molar-refractivity contribution in [2.75, 3.05) is 6.61 Å². The van der Waals surface area contributed by atoms with Gasteiger partial charge in [0.1, 0.15) is 0 Å². The van der Waals surface area contributed by atoms with Crippen LogP contribution >= 0.6 is 11.3 Å². The van der Waals surface area contributed by atoms with Gasteiger partial charge in [-0.3, -0.25) is 0 Å². The van der Waals surface area contributed by atoms with Crippen LogP contribution in [0.25, 0.3) is 6.08 Å². The third-order valence-corrected chi connectivity index (χ3v) is 4.74. The van der Waals surface area contributed by atoms with Crippen LogP contribution in [0, 0.1) is 5.92 Å². The fraction of sp³-hybridized carbons (Fsp3) is 0.600. The monoisotopic (exact) mass is 265 g/mol. The molecule has 2 nitrogen and oxygen atoms in total. The minimum Gasteiger partial charge on any atom is -0.396 e. The van der Waals surface area contributed by atoms with Gasteiger partial charge in [-0.2, -0.15) is 0 Å². The summed E-state index contributed by atoms with van der Waals surface area (Å²) in [5.41, 5.74) is 7.24. The summed E-state index contributed by atoms with van der Waals surface area (Å²) in [5, 5.41) is 11.0. The number of aliphatic hydroxyl groups is 1. The summed E-state index contributed by atoms with van der Waals surface area (Å²) in [5.74, 6) is 0.771. The topological polar surface area (TPSA) is 46.2 Å². The molecular formula is C15H23NOS. The van der Waals surface area contributed by atoms with Crippen molar-refractivity contribution in [3.05, 3.63) is 28.0 Å². The average molecular weight is 265 g/mol. The molecule has 3 N–H and O–H groups in total. The first-order valence-corrected chi connectivity index (χ1v) is 7.80. The normalized spacial score (nSPS) is 19.4. The molecule has 0 saturated heterocycles. The fourth-order valence-electron chi connectivity index (χ4n) is 2.51. The van der Waals surface area contributed by atoms with E-state index in [1.807, 2.05) is 0 Å². The first kappa shape index (κ1) is 13.8. The van der Waals surface area contributed by atoms with Gasteiger partial charge in [0.2, 0.25) is 0 Å². The molecule has 18 heavy (non-hydrogen) atoms. The quantitative estimate of drug-likeness (QED) is 0.852. The van der Waals surface area contributed by atoms with Crippen molar-refractivity contribution in [3.63, 3.8) is 0 Å². The molecular weight excluding hydrogens is 242 g/mol. The molecule has 0 bridgehead atoms. The van der Waals surface area contributed by atoms with Crippen LogP contribution in [0.3, 0.4) is 0 Å². The van der Waals surface area contributed by atoms with E-state index in [0.29, 0.717) is 6.42 Å². The average Bonchev–Trinajstić information content (AvgIpc) is 2.87. The summed E-state index contributed by atoms with van der Waals surface area (Å²) in [6, 6.07) is 2.14. The largest absolute Gasteiger partial charge is 0.396 e. The maximum atomic E-state index is 8.89. The third kappa shape index (κ3) is 3.94. The number of nitrogens with two attached hydrogens (primary N) is 1. The first-order chi connectivity index (χ1) is 8.79. The molecule has 3 heteroatoms. The second-order valence-corrected chi connectivity index (χ2v) is 6.10. The van der Waals surface area contributed by atoms with Gasteiger partial charge in [-0.25, -0.2) is 0 Å². The van der Waals surface area contributed by atoms with Crippen molar-refractivity contribution >= 4 is 17.4 Å². The smallest absolute Gasteiger partial charge is 0.0449 e. The third-order valence-electron chi connectivity index (χ3n) is 3.66. The standard InChI is InChI=1S/C15H23NOS/c16-14(8-9-17)15-10-13(11-18-15)7-6-12-4-2-1-3-5-12/h6-7,10-12,14,17H,1-5,8-9,16H2/b7-6+. The summed E-state index contributed by atoms with van der Waals surface area (Å²) in [7, 11) is 0. The SMILES string of the molecule is NC(CCO)c1cc(/C=C/C2CCCCC2)cs1. The minimum atomic E-state index is -0.0168. The van der Waals surface area contributed by atoms with E-state index in [1.54, 1.807) is 11.3 Å². The zero-order valence-electron chi connectivity index (χ0n) is 10.8. The molecule has 1 fully saturated rings. The molecule has 1 heterocycles. The predicted octanol–water partition coefficient (Wildman–Crippen LogP) is 3.72. The second kappa shape index (κ2) is 7.07. The molecule has 1 saturated carbocycles. The highest BCUT2D eigenvalue weighted by molar-refractivity contribution is 7.10. The summed E-state index contributed by atoms with van der Waals surface area (Å²) < 4.78 is 0. The Morgan fingerprint density at radius 3 is 2.89 bits per heavy atom. The molecule has 1 atom stereocenters. The zero-order chi connectivity index (χ0) is 12.8. The van der Waals surface area contributed by atoms with E-state index in [1.165, 1.54) is 42.5 Å². The molecule has 1 aromatic heterocycles. The van der Waals surface area contributed by atoms with Crippen LogP contribution in [-0.2, 0) is 0 Å². The van der Waals surface area contributed by atoms with Crippen molar-refractivity contribution in [2.24, 2.45) is 11.7 Å². The van der Waals surface area contributed by atoms with Crippen molar-refractivity contribution < 1.29 is 5.11 Å². The fourth-order valence-corrected chi connectivity index (χ4v) is 3.42. The van der Waals surface area contributed by atoms with Gasteiger partial charge in [-0.1, -0.05) is 31.4 Å². The lowest BCUT2D eigenvalue weighted by atomic mass is 9.89. The van der Waals surface area contributed by atoms with Gasteiger partial charge in [0.05, 0.1) is 0 Å². The predicted molar refractivity (Wildman–Crippen MR) is 78.6 cm³/mol. The number of hydrogen-bond acceptors (Lipinski definition) is 3. The highest BCUT2D eigenvalue weighted by Crippen LogP contribution is 2.27. The molecule has 1 aliphatic carbocycles. The zero-order valence-corrected chi connectivity index (χ0v) is 11.7. The highest BCUT2D eigenvalue weighted by Gasteiger charge is 2.10. The van der Waals surface area contributed by atoms with Gasteiger partial charge in [0.25, 0.3) is 0 Å². The lowest BCUT2D eigenvalue weighted by Crippen LogP contribution is -2.09. The van der Waals surface area contributed by atoms with Crippen LogP contribution in [0.1, 0.15) is 55.0 Å². The number of rotatable bonds is 5. The molecule has 1 aromatic rings. The molecule has 0 aliphatic heterocycles. The van der Waals surface area contributed by atoms with Crippen LogP contribution in [0.2, 0.25) is 0 Å². The molecule has 0 spiro atoms. The van der Waals surface area contributed by atoms with Crippen molar-refractivity contribution in [3.8, 4) is 0 Å². The summed E-state index contributed by atoms with van der Waals surface area (Å²) in [4.78, 5) is 1.17. The Hall–Kier alpha value is -0.640. The van der Waals surface area contributed by atoms with Gasteiger partial charge in [-0.15, -0.1) is 11.3 Å². The molecule has 0 amide bonds. The minimum absolute atomic E-state index is 0.0168. The maximum Gasteiger partial charge on any atom is 0.0449 e. The van der Waals surface area contributed by atoms with Gasteiger partial charge in [0, 0.05) is 17.5 Å². The molecule has 0 aromatic carbocycles. The van der Waals surface area contributed by atoms with Crippen LogP contribution in [-0.4, -0.2) is 11.7 Å². The van der Waals surface area contributed by atoms with Crippen molar-refractivity contribution in [1.29, 1.82) is 0 Å². The Morgan fingerprint density at radius 2 is 2.17 bits per heavy atom. The van der Waals surface area contributed by atoms with Crippen molar-refractivity contribution in [2.45, 2.75) is 44.6 Å². The number of aliphatic hydroxyl groups excluding tert-OH is 1. The van der Waals surface area contributed by atoms with E-state index < -0.39 is 0 Å². The molecule has 1 aliphatic rings. The van der Waals surface area contributed by atoms with Crippen LogP contribution in [0.15, 0.2) is 17.5 Å². The Morgan fingerprint density at radius 1 is 1.39 bits per heavy atom. The first-order valence-electron chi connectivity index (χ1n) is 6.92. The van der Waals surface area contributed by atoms with E-state index in [2.05, 4.69) is 23.6 Å². The van der Waals surface area contributed by atoms with E-state index >= 15 is 0 Å². The lowest BCUT2D eigenvalue weighted by Gasteiger charge is -2.17. The van der Waals surface area contributed by atoms with E-state index in [0.717, 1.165) is 5.92 Å². The second-order valence-electron chi connectivity index (χ2n) is 5.16. The Bertz CT molecular complexity index is 380.